The highest BCUT2D eigenvalue weighted by atomic mass is 16.5. The van der Waals surface area contributed by atoms with Crippen LogP contribution in [0, 0.1) is 6.92 Å². The molecule has 0 aliphatic heterocycles. The predicted molar refractivity (Wildman–Crippen MR) is 70.7 cm³/mol. The first-order chi connectivity index (χ1) is 9.02. The van der Waals surface area contributed by atoms with Crippen LogP contribution in [-0.2, 0) is 0 Å². The molecule has 2 aromatic rings. The van der Waals surface area contributed by atoms with E-state index in [4.69, 9.17) is 9.84 Å². The molecule has 2 rings (SSSR count). The van der Waals surface area contributed by atoms with Gasteiger partial charge < -0.3 is 14.8 Å². The number of aromatic amines is 1. The fourth-order valence-electron chi connectivity index (χ4n) is 1.90. The Labute approximate surface area is 109 Å². The molecule has 5 heteroatoms. The van der Waals surface area contributed by atoms with Gasteiger partial charge in [0, 0.05) is 11.3 Å². The second kappa shape index (κ2) is 4.97. The number of carboxylic acid groups (broad SMARTS) is 1. The molecule has 0 aliphatic rings. The van der Waals surface area contributed by atoms with Gasteiger partial charge in [-0.25, -0.2) is 4.79 Å². The number of rotatable bonds is 3. The Morgan fingerprint density at radius 3 is 2.42 bits per heavy atom. The predicted octanol–water partition coefficient (Wildman–Crippen LogP) is 2.06. The van der Waals surface area contributed by atoms with E-state index in [0.29, 0.717) is 22.6 Å². The van der Waals surface area contributed by atoms with Crippen LogP contribution in [0.5, 0.6) is 5.75 Å². The molecule has 0 spiro atoms. The van der Waals surface area contributed by atoms with Crippen molar-refractivity contribution in [2.24, 2.45) is 0 Å². The first-order valence-electron chi connectivity index (χ1n) is 5.64. The average Bonchev–Trinajstić information content (AvgIpc) is 2.37. The molecule has 1 heterocycles. The van der Waals surface area contributed by atoms with Crippen LogP contribution < -0.4 is 10.3 Å². The second-order valence-electron chi connectivity index (χ2n) is 4.10. The van der Waals surface area contributed by atoms with E-state index in [2.05, 4.69) is 4.98 Å². The van der Waals surface area contributed by atoms with Crippen LogP contribution in [0.3, 0.4) is 0 Å². The van der Waals surface area contributed by atoms with Gasteiger partial charge in [-0.3, -0.25) is 4.79 Å². The second-order valence-corrected chi connectivity index (χ2v) is 4.10. The SMILES string of the molecule is COc1ccc(-c2cc(C)[nH]c(=O)c2C(=O)O)cc1. The number of nitrogens with one attached hydrogen (secondary N) is 1. The van der Waals surface area contributed by atoms with Crippen molar-refractivity contribution in [3.05, 3.63) is 51.9 Å². The molecule has 0 amide bonds. The summed E-state index contributed by atoms with van der Waals surface area (Å²) in [6.07, 6.45) is 0. The first-order valence-corrected chi connectivity index (χ1v) is 5.64. The zero-order valence-electron chi connectivity index (χ0n) is 10.6. The third-order valence-corrected chi connectivity index (χ3v) is 2.78. The van der Waals surface area contributed by atoms with Crippen molar-refractivity contribution < 1.29 is 14.6 Å². The lowest BCUT2D eigenvalue weighted by Crippen LogP contribution is -2.19. The zero-order chi connectivity index (χ0) is 14.0. The Morgan fingerprint density at radius 2 is 1.89 bits per heavy atom. The number of aromatic carboxylic acids is 1. The number of carboxylic acids is 1. The quantitative estimate of drug-likeness (QED) is 0.884. The fraction of sp³-hybridized carbons (Fsp3) is 0.143. The number of pyridine rings is 1. The van der Waals surface area contributed by atoms with Crippen LogP contribution in [-0.4, -0.2) is 23.2 Å². The topological polar surface area (TPSA) is 79.4 Å². The van der Waals surface area contributed by atoms with Gasteiger partial charge >= 0.3 is 5.97 Å². The Bertz CT molecular complexity index is 671. The number of ether oxygens (including phenoxy) is 1. The monoisotopic (exact) mass is 259 g/mol. The van der Waals surface area contributed by atoms with E-state index in [9.17, 15) is 9.59 Å². The summed E-state index contributed by atoms with van der Waals surface area (Å²) < 4.78 is 5.05. The highest BCUT2D eigenvalue weighted by molar-refractivity contribution is 5.95. The van der Waals surface area contributed by atoms with E-state index in [0.717, 1.165) is 0 Å². The molecule has 0 aliphatic carbocycles. The highest BCUT2D eigenvalue weighted by Crippen LogP contribution is 2.24. The van der Waals surface area contributed by atoms with E-state index in [1.165, 1.54) is 0 Å². The minimum absolute atomic E-state index is 0.254. The molecule has 1 aromatic carbocycles. The van der Waals surface area contributed by atoms with Gasteiger partial charge in [0.2, 0.25) is 0 Å². The van der Waals surface area contributed by atoms with Gasteiger partial charge in [0.05, 0.1) is 7.11 Å². The molecule has 0 atom stereocenters. The van der Waals surface area contributed by atoms with Crippen molar-refractivity contribution in [2.75, 3.05) is 7.11 Å². The fourth-order valence-corrected chi connectivity index (χ4v) is 1.90. The number of carbonyl (C=O) groups is 1. The standard InChI is InChI=1S/C14H13NO4/c1-8-7-11(12(14(17)18)13(16)15-8)9-3-5-10(19-2)6-4-9/h3-7H,1-2H3,(H,15,16)(H,17,18). The lowest BCUT2D eigenvalue weighted by atomic mass is 10.0. The summed E-state index contributed by atoms with van der Waals surface area (Å²) in [6, 6.07) is 8.53. The molecule has 98 valence electrons. The Balaban J connectivity index is 2.66. The minimum Gasteiger partial charge on any atom is -0.497 e. The molecule has 19 heavy (non-hydrogen) atoms. The van der Waals surface area contributed by atoms with Gasteiger partial charge in [-0.05, 0) is 30.7 Å². The van der Waals surface area contributed by atoms with Crippen LogP contribution >= 0.6 is 0 Å². The molecule has 5 nitrogen and oxygen atoms in total. The highest BCUT2D eigenvalue weighted by Gasteiger charge is 2.16. The largest absolute Gasteiger partial charge is 0.497 e. The number of aromatic nitrogens is 1. The summed E-state index contributed by atoms with van der Waals surface area (Å²) in [5.74, 6) is -0.575. The van der Waals surface area contributed by atoms with Crippen molar-refractivity contribution in [3.8, 4) is 16.9 Å². The van der Waals surface area contributed by atoms with E-state index >= 15 is 0 Å². The van der Waals surface area contributed by atoms with Crippen molar-refractivity contribution in [1.29, 1.82) is 0 Å². The molecular formula is C14H13NO4. The van der Waals surface area contributed by atoms with E-state index in [-0.39, 0.29) is 5.56 Å². The van der Waals surface area contributed by atoms with Gasteiger partial charge in [0.15, 0.2) is 0 Å². The van der Waals surface area contributed by atoms with Crippen LogP contribution in [0.1, 0.15) is 16.1 Å². The van der Waals surface area contributed by atoms with Gasteiger partial charge in [-0.2, -0.15) is 0 Å². The summed E-state index contributed by atoms with van der Waals surface area (Å²) in [5.41, 5.74) is 0.818. The Kier molecular flexibility index (Phi) is 3.37. The Hall–Kier alpha value is -2.56. The number of hydrogen-bond acceptors (Lipinski definition) is 3. The molecule has 1 aromatic heterocycles. The van der Waals surface area contributed by atoms with E-state index < -0.39 is 11.5 Å². The summed E-state index contributed by atoms with van der Waals surface area (Å²) in [5, 5.41) is 9.15. The minimum atomic E-state index is -1.24. The van der Waals surface area contributed by atoms with Crippen molar-refractivity contribution in [1.82, 2.24) is 4.98 Å². The zero-order valence-corrected chi connectivity index (χ0v) is 10.6. The van der Waals surface area contributed by atoms with Gasteiger partial charge in [0.25, 0.3) is 5.56 Å². The summed E-state index contributed by atoms with van der Waals surface area (Å²) in [7, 11) is 1.55. The summed E-state index contributed by atoms with van der Waals surface area (Å²) >= 11 is 0. The van der Waals surface area contributed by atoms with E-state index in [1.54, 1.807) is 44.4 Å². The lowest BCUT2D eigenvalue weighted by Gasteiger charge is -2.08. The number of methoxy groups -OCH3 is 1. The van der Waals surface area contributed by atoms with Crippen molar-refractivity contribution in [3.63, 3.8) is 0 Å². The molecule has 0 radical (unpaired) electrons. The summed E-state index contributed by atoms with van der Waals surface area (Å²) in [6.45, 7) is 1.71. The van der Waals surface area contributed by atoms with Gasteiger partial charge in [0.1, 0.15) is 11.3 Å². The molecule has 0 unspecified atom stereocenters. The molecule has 2 N–H and O–H groups in total. The maximum absolute atomic E-state index is 11.7. The lowest BCUT2D eigenvalue weighted by molar-refractivity contribution is 0.0696. The van der Waals surface area contributed by atoms with Crippen molar-refractivity contribution >= 4 is 5.97 Å². The van der Waals surface area contributed by atoms with Crippen LogP contribution in [0.2, 0.25) is 0 Å². The summed E-state index contributed by atoms with van der Waals surface area (Å²) in [4.78, 5) is 25.4. The number of benzene rings is 1. The van der Waals surface area contributed by atoms with Crippen LogP contribution in [0.15, 0.2) is 35.1 Å². The normalized spacial score (nSPS) is 10.2. The van der Waals surface area contributed by atoms with Crippen molar-refractivity contribution in [2.45, 2.75) is 6.92 Å². The maximum atomic E-state index is 11.7. The smallest absolute Gasteiger partial charge is 0.341 e. The third-order valence-electron chi connectivity index (χ3n) is 2.78. The van der Waals surface area contributed by atoms with Gasteiger partial charge in [-0.1, -0.05) is 12.1 Å². The number of H-pyrrole nitrogens is 1. The third kappa shape index (κ3) is 2.49. The maximum Gasteiger partial charge on any atom is 0.341 e. The Morgan fingerprint density at radius 1 is 1.26 bits per heavy atom. The number of hydrogen-bond donors (Lipinski definition) is 2. The number of aryl methyl sites for hydroxylation is 1. The molecular weight excluding hydrogens is 246 g/mol. The van der Waals surface area contributed by atoms with Crippen LogP contribution in [0.4, 0.5) is 0 Å². The average molecular weight is 259 g/mol. The van der Waals surface area contributed by atoms with Gasteiger partial charge in [-0.15, -0.1) is 0 Å². The molecule has 0 saturated heterocycles. The van der Waals surface area contributed by atoms with E-state index in [1.807, 2.05) is 0 Å². The van der Waals surface area contributed by atoms with Crippen LogP contribution in [0.25, 0.3) is 11.1 Å². The first kappa shape index (κ1) is 12.9. The molecule has 0 saturated carbocycles. The molecule has 0 fully saturated rings. The molecule has 0 bridgehead atoms.